The smallest absolute Gasteiger partial charge is 0.317 e. The Hall–Kier alpha value is -0.610. The Morgan fingerprint density at radius 2 is 2.05 bits per heavy atom. The van der Waals surface area contributed by atoms with Gasteiger partial charge in [0.25, 0.3) is 0 Å². The van der Waals surface area contributed by atoms with Gasteiger partial charge in [0.2, 0.25) is 0 Å². The van der Waals surface area contributed by atoms with Gasteiger partial charge in [0.1, 0.15) is 0 Å². The van der Waals surface area contributed by atoms with Crippen LogP contribution in [0, 0.1) is 5.92 Å². The molecule has 0 aromatic rings. The largest absolute Gasteiger partial charge is 0.480 e. The molecular weight excluding hydrogens is 242 g/mol. The van der Waals surface area contributed by atoms with E-state index in [0.29, 0.717) is 6.04 Å². The molecule has 0 spiro atoms. The van der Waals surface area contributed by atoms with Crippen molar-refractivity contribution < 1.29 is 14.6 Å². The molecule has 0 saturated carbocycles. The van der Waals surface area contributed by atoms with Gasteiger partial charge >= 0.3 is 5.97 Å². The Bertz CT molecular complexity index is 252. The van der Waals surface area contributed by atoms with Crippen LogP contribution in [0.2, 0.25) is 0 Å². The minimum Gasteiger partial charge on any atom is -0.480 e. The minimum absolute atomic E-state index is 0.173. The first-order chi connectivity index (χ1) is 9.13. The summed E-state index contributed by atoms with van der Waals surface area (Å²) in [5.74, 6) is 0.106. The molecule has 1 N–H and O–H groups in total. The molecule has 1 atom stereocenters. The molecule has 1 unspecified atom stereocenters. The monoisotopic (exact) mass is 271 g/mol. The summed E-state index contributed by atoms with van der Waals surface area (Å²) in [6, 6.07) is 0.360. The number of carbonyl (C=O) groups is 1. The van der Waals surface area contributed by atoms with E-state index >= 15 is 0 Å². The summed E-state index contributed by atoms with van der Waals surface area (Å²) in [6.45, 7) is 7.14. The second kappa shape index (κ2) is 9.32. The lowest BCUT2D eigenvalue weighted by Crippen LogP contribution is -2.37. The van der Waals surface area contributed by atoms with Crippen molar-refractivity contribution in [2.75, 3.05) is 26.3 Å². The van der Waals surface area contributed by atoms with E-state index in [1.165, 1.54) is 25.7 Å². The van der Waals surface area contributed by atoms with Gasteiger partial charge in [-0.2, -0.15) is 0 Å². The summed E-state index contributed by atoms with van der Waals surface area (Å²) >= 11 is 0. The first kappa shape index (κ1) is 16.4. The standard InChI is InChI=1S/C15H29NO3/c1-3-13(2)16(12-15(17)18)9-5-4-6-14-7-10-19-11-8-14/h13-14H,3-12H2,1-2H3,(H,17,18). The molecule has 0 radical (unpaired) electrons. The molecule has 4 heteroatoms. The number of carboxylic acid groups (broad SMARTS) is 1. The van der Waals surface area contributed by atoms with Gasteiger partial charge in [-0.05, 0) is 45.1 Å². The van der Waals surface area contributed by atoms with Crippen LogP contribution >= 0.6 is 0 Å². The fourth-order valence-electron chi connectivity index (χ4n) is 2.67. The van der Waals surface area contributed by atoms with Crippen molar-refractivity contribution in [3.05, 3.63) is 0 Å². The van der Waals surface area contributed by atoms with E-state index in [-0.39, 0.29) is 6.54 Å². The van der Waals surface area contributed by atoms with Crippen LogP contribution in [-0.4, -0.2) is 48.3 Å². The Kier molecular flexibility index (Phi) is 8.07. The van der Waals surface area contributed by atoms with E-state index < -0.39 is 5.97 Å². The number of unbranched alkanes of at least 4 members (excludes halogenated alkanes) is 1. The predicted molar refractivity (Wildman–Crippen MR) is 76.4 cm³/mol. The maximum Gasteiger partial charge on any atom is 0.317 e. The van der Waals surface area contributed by atoms with Crippen LogP contribution in [0.5, 0.6) is 0 Å². The lowest BCUT2D eigenvalue weighted by molar-refractivity contribution is -0.138. The van der Waals surface area contributed by atoms with E-state index in [1.807, 2.05) is 0 Å². The van der Waals surface area contributed by atoms with Gasteiger partial charge in [-0.1, -0.05) is 19.8 Å². The molecule has 1 aliphatic heterocycles. The van der Waals surface area contributed by atoms with Crippen LogP contribution in [0.1, 0.15) is 52.4 Å². The predicted octanol–water partition coefficient (Wildman–Crippen LogP) is 2.77. The van der Waals surface area contributed by atoms with Gasteiger partial charge in [0.15, 0.2) is 0 Å². The van der Waals surface area contributed by atoms with Crippen LogP contribution in [0.25, 0.3) is 0 Å². The van der Waals surface area contributed by atoms with Crippen molar-refractivity contribution in [1.29, 1.82) is 0 Å². The molecule has 0 aliphatic carbocycles. The Morgan fingerprint density at radius 1 is 1.37 bits per heavy atom. The van der Waals surface area contributed by atoms with Gasteiger partial charge < -0.3 is 9.84 Å². The average Bonchev–Trinajstić information content (AvgIpc) is 2.42. The average molecular weight is 271 g/mol. The second-order valence-electron chi connectivity index (χ2n) is 5.67. The highest BCUT2D eigenvalue weighted by atomic mass is 16.5. The molecule has 0 aromatic carbocycles. The molecule has 19 heavy (non-hydrogen) atoms. The molecule has 1 rings (SSSR count). The van der Waals surface area contributed by atoms with Crippen molar-refractivity contribution in [3.63, 3.8) is 0 Å². The number of hydrogen-bond donors (Lipinski definition) is 1. The van der Waals surface area contributed by atoms with Gasteiger partial charge in [-0.25, -0.2) is 0 Å². The number of aliphatic carboxylic acids is 1. The lowest BCUT2D eigenvalue weighted by Gasteiger charge is -2.27. The topological polar surface area (TPSA) is 49.8 Å². The van der Waals surface area contributed by atoms with Gasteiger partial charge in [0, 0.05) is 19.3 Å². The normalized spacial score (nSPS) is 18.7. The zero-order valence-electron chi connectivity index (χ0n) is 12.4. The first-order valence-corrected chi connectivity index (χ1v) is 7.67. The van der Waals surface area contributed by atoms with Crippen molar-refractivity contribution >= 4 is 5.97 Å². The summed E-state index contributed by atoms with van der Waals surface area (Å²) in [4.78, 5) is 12.9. The highest BCUT2D eigenvalue weighted by Crippen LogP contribution is 2.21. The molecule has 112 valence electrons. The van der Waals surface area contributed by atoms with Crippen LogP contribution < -0.4 is 0 Å². The quantitative estimate of drug-likeness (QED) is 0.655. The van der Waals surface area contributed by atoms with Crippen molar-refractivity contribution in [2.24, 2.45) is 5.92 Å². The maximum absolute atomic E-state index is 10.9. The number of ether oxygens (including phenoxy) is 1. The summed E-state index contributed by atoms with van der Waals surface area (Å²) in [6.07, 6.45) is 6.98. The number of rotatable bonds is 9. The molecular formula is C15H29NO3. The van der Waals surface area contributed by atoms with E-state index in [4.69, 9.17) is 9.84 Å². The van der Waals surface area contributed by atoms with E-state index in [1.54, 1.807) is 0 Å². The number of carboxylic acids is 1. The van der Waals surface area contributed by atoms with Crippen molar-refractivity contribution in [1.82, 2.24) is 4.90 Å². The lowest BCUT2D eigenvalue weighted by atomic mass is 9.94. The highest BCUT2D eigenvalue weighted by Gasteiger charge is 2.16. The van der Waals surface area contributed by atoms with Crippen LogP contribution in [0.3, 0.4) is 0 Å². The molecule has 0 amide bonds. The third kappa shape index (κ3) is 6.92. The van der Waals surface area contributed by atoms with Crippen LogP contribution in [-0.2, 0) is 9.53 Å². The maximum atomic E-state index is 10.9. The highest BCUT2D eigenvalue weighted by molar-refractivity contribution is 5.69. The number of nitrogens with zero attached hydrogens (tertiary/aromatic N) is 1. The first-order valence-electron chi connectivity index (χ1n) is 7.67. The SMILES string of the molecule is CCC(C)N(CCCCC1CCOCC1)CC(=O)O. The summed E-state index contributed by atoms with van der Waals surface area (Å²) in [7, 11) is 0. The molecule has 1 saturated heterocycles. The zero-order chi connectivity index (χ0) is 14.1. The fraction of sp³-hybridized carbons (Fsp3) is 0.933. The fourth-order valence-corrected chi connectivity index (χ4v) is 2.67. The minimum atomic E-state index is -0.718. The molecule has 4 nitrogen and oxygen atoms in total. The Balaban J connectivity index is 2.17. The van der Waals surface area contributed by atoms with Gasteiger partial charge in [-0.15, -0.1) is 0 Å². The zero-order valence-corrected chi connectivity index (χ0v) is 12.4. The van der Waals surface area contributed by atoms with Gasteiger partial charge in [-0.3, -0.25) is 9.69 Å². The molecule has 1 fully saturated rings. The van der Waals surface area contributed by atoms with E-state index in [9.17, 15) is 4.79 Å². The van der Waals surface area contributed by atoms with E-state index in [2.05, 4.69) is 18.7 Å². The van der Waals surface area contributed by atoms with Crippen molar-refractivity contribution in [3.8, 4) is 0 Å². The molecule has 0 bridgehead atoms. The van der Waals surface area contributed by atoms with Crippen LogP contribution in [0.4, 0.5) is 0 Å². The number of hydrogen-bond acceptors (Lipinski definition) is 3. The third-order valence-electron chi connectivity index (χ3n) is 4.20. The van der Waals surface area contributed by atoms with Gasteiger partial charge in [0.05, 0.1) is 6.54 Å². The molecule has 1 aliphatic rings. The second-order valence-corrected chi connectivity index (χ2v) is 5.67. The third-order valence-corrected chi connectivity index (χ3v) is 4.20. The Morgan fingerprint density at radius 3 is 2.63 bits per heavy atom. The van der Waals surface area contributed by atoms with E-state index in [0.717, 1.165) is 38.5 Å². The van der Waals surface area contributed by atoms with Crippen molar-refractivity contribution in [2.45, 2.75) is 58.4 Å². The summed E-state index contributed by atoms with van der Waals surface area (Å²) < 4.78 is 5.36. The molecule has 1 heterocycles. The molecule has 0 aromatic heterocycles. The summed E-state index contributed by atoms with van der Waals surface area (Å²) in [5.41, 5.74) is 0. The van der Waals surface area contributed by atoms with Crippen LogP contribution in [0.15, 0.2) is 0 Å². The Labute approximate surface area is 117 Å². The summed E-state index contributed by atoms with van der Waals surface area (Å²) in [5, 5.41) is 8.93.